The molecule has 2 aromatic heterocycles. The third kappa shape index (κ3) is 4.24. The van der Waals surface area contributed by atoms with Crippen LogP contribution in [0, 0.1) is 0 Å². The zero-order valence-electron chi connectivity index (χ0n) is 14.9. The summed E-state index contributed by atoms with van der Waals surface area (Å²) in [5.41, 5.74) is 0. The van der Waals surface area contributed by atoms with Gasteiger partial charge in [-0.05, 0) is 32.2 Å². The summed E-state index contributed by atoms with van der Waals surface area (Å²) in [5.74, 6) is 3.86. The van der Waals surface area contributed by atoms with E-state index in [0.717, 1.165) is 50.0 Å². The molecule has 1 aliphatic carbocycles. The van der Waals surface area contributed by atoms with Gasteiger partial charge in [-0.1, -0.05) is 24.2 Å². The fourth-order valence-corrected chi connectivity index (χ4v) is 3.20. The Morgan fingerprint density at radius 3 is 2.80 bits per heavy atom. The summed E-state index contributed by atoms with van der Waals surface area (Å²) in [4.78, 5) is 11.3. The van der Waals surface area contributed by atoms with E-state index >= 15 is 0 Å². The van der Waals surface area contributed by atoms with Crippen molar-refractivity contribution in [2.45, 2.75) is 70.5 Å². The van der Waals surface area contributed by atoms with Gasteiger partial charge in [-0.2, -0.15) is 9.97 Å². The Kier molecular flexibility index (Phi) is 4.80. The smallest absolute Gasteiger partial charge is 0.240 e. The Balaban J connectivity index is 1.26. The zero-order chi connectivity index (χ0) is 17.2. The molecule has 8 heteroatoms. The minimum Gasteiger partial charge on any atom is -0.339 e. The van der Waals surface area contributed by atoms with Crippen LogP contribution in [0.4, 0.5) is 0 Å². The monoisotopic (exact) mass is 346 g/mol. The van der Waals surface area contributed by atoms with Gasteiger partial charge in [0.1, 0.15) is 0 Å². The van der Waals surface area contributed by atoms with Gasteiger partial charge in [0.2, 0.25) is 11.8 Å². The number of rotatable bonds is 7. The molecule has 4 rings (SSSR count). The predicted octanol–water partition coefficient (Wildman–Crippen LogP) is 2.21. The molecule has 1 atom stereocenters. The van der Waals surface area contributed by atoms with Crippen LogP contribution in [0.15, 0.2) is 9.05 Å². The topological polar surface area (TPSA) is 93.1 Å². The molecule has 8 nitrogen and oxygen atoms in total. The van der Waals surface area contributed by atoms with Crippen molar-refractivity contribution in [3.63, 3.8) is 0 Å². The SMILES string of the molecule is CC(C)c1noc(CN[C@@H]2CCCN(Cc3noc(C4CC4)n3)C2)n1. The second-order valence-corrected chi connectivity index (χ2v) is 7.48. The van der Waals surface area contributed by atoms with E-state index < -0.39 is 0 Å². The fourth-order valence-electron chi connectivity index (χ4n) is 3.20. The van der Waals surface area contributed by atoms with Crippen molar-refractivity contribution < 1.29 is 9.05 Å². The largest absolute Gasteiger partial charge is 0.339 e. The first-order valence-corrected chi connectivity index (χ1v) is 9.28. The van der Waals surface area contributed by atoms with Crippen molar-refractivity contribution in [3.05, 3.63) is 23.4 Å². The number of likely N-dealkylation sites (tertiary alicyclic amines) is 1. The molecule has 2 aromatic rings. The van der Waals surface area contributed by atoms with Gasteiger partial charge in [0.15, 0.2) is 11.6 Å². The van der Waals surface area contributed by atoms with Gasteiger partial charge in [0.05, 0.1) is 13.1 Å². The highest BCUT2D eigenvalue weighted by Gasteiger charge is 2.30. The molecule has 1 aliphatic heterocycles. The van der Waals surface area contributed by atoms with Crippen LogP contribution in [0.5, 0.6) is 0 Å². The number of aromatic nitrogens is 4. The summed E-state index contributed by atoms with van der Waals surface area (Å²) in [6.07, 6.45) is 4.68. The first kappa shape index (κ1) is 16.7. The minimum atomic E-state index is 0.290. The quantitative estimate of drug-likeness (QED) is 0.815. The van der Waals surface area contributed by atoms with Crippen LogP contribution in [0.2, 0.25) is 0 Å². The summed E-state index contributed by atoms with van der Waals surface area (Å²) in [6, 6.07) is 0.415. The van der Waals surface area contributed by atoms with Crippen LogP contribution in [0.1, 0.15) is 74.8 Å². The van der Waals surface area contributed by atoms with Gasteiger partial charge in [-0.3, -0.25) is 4.90 Å². The lowest BCUT2D eigenvalue weighted by molar-refractivity contribution is 0.174. The highest BCUT2D eigenvalue weighted by molar-refractivity contribution is 5.02. The van der Waals surface area contributed by atoms with Gasteiger partial charge in [0.25, 0.3) is 0 Å². The van der Waals surface area contributed by atoms with Gasteiger partial charge in [-0.25, -0.2) is 0 Å². The van der Waals surface area contributed by atoms with Crippen molar-refractivity contribution >= 4 is 0 Å². The Hall–Kier alpha value is -1.80. The van der Waals surface area contributed by atoms with Gasteiger partial charge in [0, 0.05) is 24.4 Å². The summed E-state index contributed by atoms with van der Waals surface area (Å²) >= 11 is 0. The minimum absolute atomic E-state index is 0.290. The van der Waals surface area contributed by atoms with Crippen molar-refractivity contribution in [2.24, 2.45) is 0 Å². The maximum atomic E-state index is 5.35. The first-order valence-electron chi connectivity index (χ1n) is 9.28. The molecular weight excluding hydrogens is 320 g/mol. The van der Waals surface area contributed by atoms with Gasteiger partial charge < -0.3 is 14.4 Å². The Bertz CT molecular complexity index is 693. The lowest BCUT2D eigenvalue weighted by Crippen LogP contribution is -2.45. The Labute approximate surface area is 147 Å². The van der Waals surface area contributed by atoms with Crippen LogP contribution in [-0.2, 0) is 13.1 Å². The highest BCUT2D eigenvalue weighted by atomic mass is 16.5. The molecule has 0 spiro atoms. The van der Waals surface area contributed by atoms with Crippen LogP contribution in [0.25, 0.3) is 0 Å². The summed E-state index contributed by atoms with van der Waals surface area (Å²) in [6.45, 7) is 7.54. The van der Waals surface area contributed by atoms with Crippen molar-refractivity contribution in [3.8, 4) is 0 Å². The normalized spacial score (nSPS) is 22.0. The summed E-state index contributed by atoms with van der Waals surface area (Å²) < 4.78 is 10.7. The molecule has 0 bridgehead atoms. The van der Waals surface area contributed by atoms with E-state index in [1.807, 2.05) is 0 Å². The molecule has 0 unspecified atom stereocenters. The van der Waals surface area contributed by atoms with Crippen molar-refractivity contribution in [1.29, 1.82) is 0 Å². The van der Waals surface area contributed by atoms with Crippen LogP contribution in [-0.4, -0.2) is 44.3 Å². The van der Waals surface area contributed by atoms with Crippen LogP contribution in [0.3, 0.4) is 0 Å². The lowest BCUT2D eigenvalue weighted by atomic mass is 10.1. The molecule has 2 fully saturated rings. The molecule has 0 radical (unpaired) electrons. The molecule has 0 amide bonds. The van der Waals surface area contributed by atoms with E-state index in [0.29, 0.717) is 24.4 Å². The molecule has 3 heterocycles. The van der Waals surface area contributed by atoms with Gasteiger partial charge in [-0.15, -0.1) is 0 Å². The summed E-state index contributed by atoms with van der Waals surface area (Å²) in [5, 5.41) is 11.7. The van der Waals surface area contributed by atoms with Crippen molar-refractivity contribution in [1.82, 2.24) is 30.5 Å². The number of hydrogen-bond donors (Lipinski definition) is 1. The molecular formula is C17H26N6O2. The molecule has 2 aliphatic rings. The molecule has 1 saturated carbocycles. The third-order valence-corrected chi connectivity index (χ3v) is 4.82. The molecule has 1 saturated heterocycles. The molecule has 136 valence electrons. The zero-order valence-corrected chi connectivity index (χ0v) is 14.9. The maximum Gasteiger partial charge on any atom is 0.240 e. The second kappa shape index (κ2) is 7.21. The van der Waals surface area contributed by atoms with Gasteiger partial charge >= 0.3 is 0 Å². The Morgan fingerprint density at radius 1 is 1.16 bits per heavy atom. The van der Waals surface area contributed by atoms with E-state index in [4.69, 9.17) is 9.05 Å². The van der Waals surface area contributed by atoms with E-state index in [1.54, 1.807) is 0 Å². The third-order valence-electron chi connectivity index (χ3n) is 4.82. The maximum absolute atomic E-state index is 5.35. The van der Waals surface area contributed by atoms with E-state index in [2.05, 4.69) is 44.3 Å². The fraction of sp³-hybridized carbons (Fsp3) is 0.765. The Morgan fingerprint density at radius 2 is 2.04 bits per heavy atom. The van der Waals surface area contributed by atoms with E-state index in [9.17, 15) is 0 Å². The predicted molar refractivity (Wildman–Crippen MR) is 89.8 cm³/mol. The molecule has 1 N–H and O–H groups in total. The van der Waals surface area contributed by atoms with E-state index in [-0.39, 0.29) is 5.92 Å². The average Bonchev–Trinajstić information content (AvgIpc) is 3.16. The second-order valence-electron chi connectivity index (χ2n) is 7.48. The first-order chi connectivity index (χ1) is 12.2. The molecule has 25 heavy (non-hydrogen) atoms. The molecule has 0 aromatic carbocycles. The number of hydrogen-bond acceptors (Lipinski definition) is 8. The standard InChI is InChI=1S/C17H26N6O2/c1-11(2)16-20-15(24-22-16)8-18-13-4-3-7-23(9-13)10-14-19-17(25-21-14)12-5-6-12/h11-13,18H,3-10H2,1-2H3/t13-/m1/s1. The summed E-state index contributed by atoms with van der Waals surface area (Å²) in [7, 11) is 0. The number of piperidine rings is 1. The van der Waals surface area contributed by atoms with E-state index in [1.165, 1.54) is 12.8 Å². The van der Waals surface area contributed by atoms with Crippen molar-refractivity contribution in [2.75, 3.05) is 13.1 Å². The highest BCUT2D eigenvalue weighted by Crippen LogP contribution is 2.38. The average molecular weight is 346 g/mol. The number of nitrogens with zero attached hydrogens (tertiary/aromatic N) is 5. The lowest BCUT2D eigenvalue weighted by Gasteiger charge is -2.32. The number of nitrogens with one attached hydrogen (secondary N) is 1. The van der Waals surface area contributed by atoms with Crippen LogP contribution < -0.4 is 5.32 Å². The van der Waals surface area contributed by atoms with Crippen LogP contribution >= 0.6 is 0 Å².